The molecule has 1 aromatic heterocycles. The Morgan fingerprint density at radius 3 is 1.97 bits per heavy atom. The maximum atomic E-state index is 14.0. The smallest absolute Gasteiger partial charge is 0.186 e. The summed E-state index contributed by atoms with van der Waals surface area (Å²) in [7, 11) is 0. The topological polar surface area (TPSA) is 19.4 Å². The van der Waals surface area contributed by atoms with Crippen LogP contribution in [-0.2, 0) is 0 Å². The van der Waals surface area contributed by atoms with Crippen LogP contribution in [0.2, 0.25) is 0 Å². The summed E-state index contributed by atoms with van der Waals surface area (Å²) in [6.45, 7) is 3.65. The molecule has 2 heterocycles. The van der Waals surface area contributed by atoms with Crippen LogP contribution in [-0.4, -0.2) is 36.1 Å². The predicted molar refractivity (Wildman–Crippen MR) is 118 cm³/mol. The van der Waals surface area contributed by atoms with Crippen molar-refractivity contribution in [3.05, 3.63) is 95.8 Å². The summed E-state index contributed by atoms with van der Waals surface area (Å²) in [5.41, 5.74) is 3.12. The fraction of sp³-hybridized carbons (Fsp3) is 0.208. The maximum Gasteiger partial charge on any atom is 0.186 e. The molecule has 1 aliphatic rings. The van der Waals surface area contributed by atoms with Gasteiger partial charge in [0.05, 0.1) is 10.7 Å². The SMILES string of the molecule is Fc1cccc2sc(N3CCN(C(c4ccccc4)c4ccccc4)CC3)nc12. The molecule has 1 saturated heterocycles. The largest absolute Gasteiger partial charge is 0.345 e. The number of hydrogen-bond acceptors (Lipinski definition) is 4. The highest BCUT2D eigenvalue weighted by molar-refractivity contribution is 7.22. The predicted octanol–water partition coefficient (Wildman–Crippen LogP) is 5.35. The van der Waals surface area contributed by atoms with Gasteiger partial charge in [-0.05, 0) is 23.3 Å². The highest BCUT2D eigenvalue weighted by atomic mass is 32.1. The Bertz CT molecular complexity index is 1050. The Morgan fingerprint density at radius 1 is 0.759 bits per heavy atom. The summed E-state index contributed by atoms with van der Waals surface area (Å²) in [5.74, 6) is -0.239. The van der Waals surface area contributed by atoms with E-state index in [1.54, 1.807) is 17.4 Å². The van der Waals surface area contributed by atoms with E-state index in [9.17, 15) is 4.39 Å². The molecule has 0 atom stereocenters. The number of para-hydroxylation sites is 1. The lowest BCUT2D eigenvalue weighted by molar-refractivity contribution is 0.212. The van der Waals surface area contributed by atoms with Crippen molar-refractivity contribution in [2.24, 2.45) is 0 Å². The van der Waals surface area contributed by atoms with Gasteiger partial charge >= 0.3 is 0 Å². The van der Waals surface area contributed by atoms with Crippen LogP contribution in [0.15, 0.2) is 78.9 Å². The first kappa shape index (κ1) is 18.3. The number of piperazine rings is 1. The van der Waals surface area contributed by atoms with Crippen LogP contribution in [0.4, 0.5) is 9.52 Å². The number of thiazole rings is 1. The number of hydrogen-bond donors (Lipinski definition) is 0. The standard InChI is InChI=1S/C24H22FN3S/c25-20-12-7-13-21-22(20)26-24(29-21)28-16-14-27(15-17-28)23(18-8-3-1-4-9-18)19-10-5-2-6-11-19/h1-13,23H,14-17H2. The minimum atomic E-state index is -0.239. The molecule has 0 bridgehead atoms. The number of benzene rings is 3. The zero-order chi connectivity index (χ0) is 19.6. The number of rotatable bonds is 4. The van der Waals surface area contributed by atoms with E-state index in [4.69, 9.17) is 0 Å². The molecule has 5 heteroatoms. The molecule has 0 saturated carbocycles. The molecular formula is C24H22FN3S. The zero-order valence-corrected chi connectivity index (χ0v) is 16.9. The van der Waals surface area contributed by atoms with Gasteiger partial charge in [0.1, 0.15) is 11.3 Å². The molecule has 0 radical (unpaired) electrons. The van der Waals surface area contributed by atoms with Crippen LogP contribution < -0.4 is 4.90 Å². The second-order valence-corrected chi connectivity index (χ2v) is 8.34. The summed E-state index contributed by atoms with van der Waals surface area (Å²) < 4.78 is 14.9. The number of nitrogens with zero attached hydrogens (tertiary/aromatic N) is 3. The van der Waals surface area contributed by atoms with Gasteiger partial charge in [-0.3, -0.25) is 4.90 Å². The van der Waals surface area contributed by atoms with Crippen LogP contribution in [0.1, 0.15) is 17.2 Å². The third-order valence-corrected chi connectivity index (χ3v) is 6.62. The van der Waals surface area contributed by atoms with Crippen molar-refractivity contribution in [2.75, 3.05) is 31.1 Å². The van der Waals surface area contributed by atoms with Crippen molar-refractivity contribution in [2.45, 2.75) is 6.04 Å². The molecule has 1 aliphatic heterocycles. The summed E-state index contributed by atoms with van der Waals surface area (Å²) >= 11 is 1.58. The second kappa shape index (κ2) is 7.93. The molecule has 5 rings (SSSR count). The van der Waals surface area contributed by atoms with Crippen molar-refractivity contribution in [3.8, 4) is 0 Å². The Kier molecular flexibility index (Phi) is 5.00. The molecular weight excluding hydrogens is 381 g/mol. The minimum Gasteiger partial charge on any atom is -0.345 e. The van der Waals surface area contributed by atoms with Gasteiger partial charge in [-0.25, -0.2) is 9.37 Å². The van der Waals surface area contributed by atoms with Crippen molar-refractivity contribution in [1.82, 2.24) is 9.88 Å². The van der Waals surface area contributed by atoms with Crippen LogP contribution in [0, 0.1) is 5.82 Å². The molecule has 0 amide bonds. The van der Waals surface area contributed by atoms with E-state index in [1.165, 1.54) is 17.2 Å². The van der Waals surface area contributed by atoms with Gasteiger partial charge in [-0.15, -0.1) is 0 Å². The van der Waals surface area contributed by atoms with Gasteiger partial charge in [0, 0.05) is 26.2 Å². The fourth-order valence-corrected chi connectivity index (χ4v) is 5.13. The Balaban J connectivity index is 1.38. The normalized spacial score (nSPS) is 15.3. The van der Waals surface area contributed by atoms with Gasteiger partial charge < -0.3 is 4.90 Å². The van der Waals surface area contributed by atoms with Gasteiger partial charge in [-0.1, -0.05) is 78.1 Å². The van der Waals surface area contributed by atoms with Gasteiger partial charge in [0.15, 0.2) is 5.13 Å². The van der Waals surface area contributed by atoms with Crippen LogP contribution in [0.5, 0.6) is 0 Å². The maximum absolute atomic E-state index is 14.0. The minimum absolute atomic E-state index is 0.239. The van der Waals surface area contributed by atoms with E-state index in [2.05, 4.69) is 75.4 Å². The monoisotopic (exact) mass is 403 g/mol. The number of fused-ring (bicyclic) bond motifs is 1. The molecule has 0 unspecified atom stereocenters. The van der Waals surface area contributed by atoms with E-state index in [0.29, 0.717) is 5.52 Å². The fourth-order valence-electron chi connectivity index (χ4n) is 4.09. The first-order valence-electron chi connectivity index (χ1n) is 9.93. The highest BCUT2D eigenvalue weighted by Gasteiger charge is 2.27. The van der Waals surface area contributed by atoms with E-state index in [1.807, 2.05) is 6.07 Å². The lowest BCUT2D eigenvalue weighted by Crippen LogP contribution is -2.47. The van der Waals surface area contributed by atoms with E-state index in [-0.39, 0.29) is 11.9 Å². The molecule has 146 valence electrons. The molecule has 1 fully saturated rings. The van der Waals surface area contributed by atoms with Crippen LogP contribution >= 0.6 is 11.3 Å². The van der Waals surface area contributed by atoms with Crippen molar-refractivity contribution >= 4 is 26.7 Å². The lowest BCUT2D eigenvalue weighted by Gasteiger charge is -2.39. The van der Waals surface area contributed by atoms with Crippen molar-refractivity contribution in [3.63, 3.8) is 0 Å². The zero-order valence-electron chi connectivity index (χ0n) is 16.0. The van der Waals surface area contributed by atoms with Gasteiger partial charge in [0.2, 0.25) is 0 Å². The third-order valence-electron chi connectivity index (χ3n) is 5.54. The molecule has 3 aromatic carbocycles. The Hall–Kier alpha value is -2.76. The molecule has 0 aliphatic carbocycles. The molecule has 0 N–H and O–H groups in total. The second-order valence-electron chi connectivity index (χ2n) is 7.33. The van der Waals surface area contributed by atoms with Crippen LogP contribution in [0.3, 0.4) is 0 Å². The number of anilines is 1. The van der Waals surface area contributed by atoms with Gasteiger partial charge in [0.25, 0.3) is 0 Å². The highest BCUT2D eigenvalue weighted by Crippen LogP contribution is 2.33. The Morgan fingerprint density at radius 2 is 1.38 bits per heavy atom. The average molecular weight is 404 g/mol. The number of halogens is 1. The van der Waals surface area contributed by atoms with E-state index >= 15 is 0 Å². The first-order valence-corrected chi connectivity index (χ1v) is 10.8. The van der Waals surface area contributed by atoms with E-state index < -0.39 is 0 Å². The molecule has 3 nitrogen and oxygen atoms in total. The van der Waals surface area contributed by atoms with Crippen molar-refractivity contribution < 1.29 is 4.39 Å². The Labute approximate surface area is 174 Å². The average Bonchev–Trinajstić information content (AvgIpc) is 3.22. The molecule has 29 heavy (non-hydrogen) atoms. The van der Waals surface area contributed by atoms with Crippen molar-refractivity contribution in [1.29, 1.82) is 0 Å². The molecule has 4 aromatic rings. The summed E-state index contributed by atoms with van der Waals surface area (Å²) in [5, 5.41) is 0.917. The van der Waals surface area contributed by atoms with E-state index in [0.717, 1.165) is 36.0 Å². The van der Waals surface area contributed by atoms with Gasteiger partial charge in [-0.2, -0.15) is 0 Å². The molecule has 0 spiro atoms. The number of aromatic nitrogens is 1. The first-order chi connectivity index (χ1) is 14.3. The lowest BCUT2D eigenvalue weighted by atomic mass is 9.96. The summed E-state index contributed by atoms with van der Waals surface area (Å²) in [4.78, 5) is 9.40. The summed E-state index contributed by atoms with van der Waals surface area (Å²) in [6.07, 6.45) is 0. The third kappa shape index (κ3) is 3.63. The summed E-state index contributed by atoms with van der Waals surface area (Å²) in [6, 6.07) is 26.8. The quantitative estimate of drug-likeness (QED) is 0.458. The van der Waals surface area contributed by atoms with Crippen LogP contribution in [0.25, 0.3) is 10.2 Å².